The van der Waals surface area contributed by atoms with Crippen LogP contribution in [0.15, 0.2) is 54.9 Å². The van der Waals surface area contributed by atoms with Crippen molar-refractivity contribution >= 4 is 11.4 Å². The van der Waals surface area contributed by atoms with E-state index in [0.29, 0.717) is 13.1 Å². The summed E-state index contributed by atoms with van der Waals surface area (Å²) in [5.41, 5.74) is 6.75. The first-order valence-electron chi connectivity index (χ1n) is 7.84. The van der Waals surface area contributed by atoms with E-state index in [-0.39, 0.29) is 0 Å². The van der Waals surface area contributed by atoms with Gasteiger partial charge in [-0.1, -0.05) is 30.3 Å². The molecule has 0 saturated carbocycles. The van der Waals surface area contributed by atoms with Crippen LogP contribution in [0.1, 0.15) is 11.1 Å². The largest absolute Gasteiger partial charge is 0.353 e. The fourth-order valence-electron chi connectivity index (χ4n) is 3.18. The van der Waals surface area contributed by atoms with Gasteiger partial charge in [0.25, 0.3) is 0 Å². The van der Waals surface area contributed by atoms with Gasteiger partial charge in [0.05, 0.1) is 25.0 Å². The van der Waals surface area contributed by atoms with Gasteiger partial charge in [0.2, 0.25) is 0 Å². The number of fused-ring (bicyclic) bond motifs is 1. The molecule has 3 aromatic rings. The number of aromatic nitrogens is 2. The zero-order valence-corrected chi connectivity index (χ0v) is 13.4. The number of rotatable bonds is 3. The van der Waals surface area contributed by atoms with E-state index in [2.05, 4.69) is 40.9 Å². The van der Waals surface area contributed by atoms with Crippen molar-refractivity contribution < 1.29 is 0 Å². The zero-order chi connectivity index (χ0) is 16.5. The molecule has 1 aliphatic rings. The fourth-order valence-corrected chi connectivity index (χ4v) is 3.18. The molecule has 118 valence electrons. The fraction of sp³-hybridized carbons (Fsp3) is 0.158. The van der Waals surface area contributed by atoms with Crippen LogP contribution in [0, 0.1) is 11.5 Å². The van der Waals surface area contributed by atoms with Crippen LogP contribution < -0.4 is 5.32 Å². The summed E-state index contributed by atoms with van der Waals surface area (Å²) in [6.45, 7) is 1.33. The van der Waals surface area contributed by atoms with Crippen molar-refractivity contribution in [2.24, 2.45) is 7.05 Å². The van der Waals surface area contributed by atoms with Crippen LogP contribution in [0.4, 0.5) is 11.4 Å². The Kier molecular flexibility index (Phi) is 3.43. The van der Waals surface area contributed by atoms with Crippen molar-refractivity contribution in [1.82, 2.24) is 14.7 Å². The van der Waals surface area contributed by atoms with Crippen molar-refractivity contribution in [3.63, 3.8) is 0 Å². The van der Waals surface area contributed by atoms with Crippen LogP contribution in [0.3, 0.4) is 0 Å². The Morgan fingerprint density at radius 1 is 1.12 bits per heavy atom. The lowest BCUT2D eigenvalue weighted by atomic mass is 9.96. The number of benzene rings is 2. The van der Waals surface area contributed by atoms with Gasteiger partial charge in [-0.3, -0.25) is 4.68 Å². The maximum atomic E-state index is 9.26. The predicted molar refractivity (Wildman–Crippen MR) is 93.2 cm³/mol. The zero-order valence-electron chi connectivity index (χ0n) is 13.4. The summed E-state index contributed by atoms with van der Waals surface area (Å²) < 4.78 is 1.77. The normalized spacial score (nSPS) is 12.8. The number of nitrogens with one attached hydrogen (secondary N) is 1. The number of anilines is 2. The minimum atomic E-state index is 0.661. The first kappa shape index (κ1) is 14.3. The second-order valence-corrected chi connectivity index (χ2v) is 6.01. The van der Waals surface area contributed by atoms with Crippen LogP contribution in [-0.4, -0.2) is 14.7 Å². The van der Waals surface area contributed by atoms with Crippen molar-refractivity contribution in [2.75, 3.05) is 5.32 Å². The quantitative estimate of drug-likeness (QED) is 0.750. The van der Waals surface area contributed by atoms with Crippen LogP contribution in [0.25, 0.3) is 11.1 Å². The van der Waals surface area contributed by atoms with E-state index in [0.717, 1.165) is 11.4 Å². The molecule has 0 unspecified atom stereocenters. The first-order valence-corrected chi connectivity index (χ1v) is 7.84. The lowest BCUT2D eigenvalue weighted by Crippen LogP contribution is -2.07. The SMILES string of the molecule is Cn1cc(Nc2cc3c(c(-c4ccccc4)c2)CN(C#N)C3)cn1. The molecule has 0 aliphatic carbocycles. The molecule has 0 spiro atoms. The number of hydrogen-bond donors (Lipinski definition) is 1. The van der Waals surface area contributed by atoms with Crippen molar-refractivity contribution in [2.45, 2.75) is 13.1 Å². The highest BCUT2D eigenvalue weighted by Crippen LogP contribution is 2.36. The van der Waals surface area contributed by atoms with Gasteiger partial charge in [0.15, 0.2) is 6.19 Å². The lowest BCUT2D eigenvalue weighted by Gasteiger charge is -2.12. The third-order valence-corrected chi connectivity index (χ3v) is 4.27. The molecule has 5 heteroatoms. The molecule has 0 atom stereocenters. The van der Waals surface area contributed by atoms with Crippen LogP contribution in [-0.2, 0) is 20.1 Å². The van der Waals surface area contributed by atoms with Crippen LogP contribution >= 0.6 is 0 Å². The summed E-state index contributed by atoms with van der Waals surface area (Å²) in [4.78, 5) is 1.78. The van der Waals surface area contributed by atoms with Gasteiger partial charge < -0.3 is 10.2 Å². The van der Waals surface area contributed by atoms with E-state index in [9.17, 15) is 5.26 Å². The molecule has 0 bridgehead atoms. The van der Waals surface area contributed by atoms with E-state index in [4.69, 9.17) is 0 Å². The Morgan fingerprint density at radius 3 is 2.67 bits per heavy atom. The Hall–Kier alpha value is -3.26. The molecule has 2 heterocycles. The molecular weight excluding hydrogens is 298 g/mol. The standard InChI is InChI=1S/C19H17N5/c1-23-11-17(9-21-23)22-16-7-15-10-24(13-20)12-19(15)18(8-16)14-5-3-2-4-6-14/h2-9,11,22H,10,12H2,1H3. The minimum Gasteiger partial charge on any atom is -0.353 e. The summed E-state index contributed by atoms with van der Waals surface area (Å²) in [5.74, 6) is 0. The number of nitriles is 1. The number of hydrogen-bond acceptors (Lipinski definition) is 4. The molecule has 4 rings (SSSR count). The maximum Gasteiger partial charge on any atom is 0.179 e. The average Bonchev–Trinajstić information content (AvgIpc) is 3.20. The third kappa shape index (κ3) is 2.59. The molecule has 24 heavy (non-hydrogen) atoms. The summed E-state index contributed by atoms with van der Waals surface area (Å²) >= 11 is 0. The van der Waals surface area contributed by atoms with E-state index in [1.807, 2.05) is 31.4 Å². The molecule has 0 radical (unpaired) electrons. The second-order valence-electron chi connectivity index (χ2n) is 6.01. The molecule has 0 fully saturated rings. The van der Waals surface area contributed by atoms with E-state index >= 15 is 0 Å². The molecule has 0 amide bonds. The Balaban J connectivity index is 1.79. The summed E-state index contributed by atoms with van der Waals surface area (Å²) in [6.07, 6.45) is 6.01. The van der Waals surface area contributed by atoms with Gasteiger partial charge in [-0.15, -0.1) is 0 Å². The third-order valence-electron chi connectivity index (χ3n) is 4.27. The molecule has 0 saturated heterocycles. The lowest BCUT2D eigenvalue weighted by molar-refractivity contribution is 0.417. The molecule has 5 nitrogen and oxygen atoms in total. The highest BCUT2D eigenvalue weighted by molar-refractivity contribution is 5.76. The van der Waals surface area contributed by atoms with Crippen LogP contribution in [0.2, 0.25) is 0 Å². The maximum absolute atomic E-state index is 9.26. The summed E-state index contributed by atoms with van der Waals surface area (Å²) in [5, 5.41) is 16.9. The predicted octanol–water partition coefficient (Wildman–Crippen LogP) is 3.63. The molecule has 2 aromatic carbocycles. The molecule has 1 aromatic heterocycles. The summed E-state index contributed by atoms with van der Waals surface area (Å²) in [7, 11) is 1.90. The Bertz CT molecular complexity index is 921. The first-order chi connectivity index (χ1) is 11.7. The highest BCUT2D eigenvalue weighted by Gasteiger charge is 2.22. The minimum absolute atomic E-state index is 0.661. The summed E-state index contributed by atoms with van der Waals surface area (Å²) in [6, 6.07) is 14.6. The van der Waals surface area contributed by atoms with Gasteiger partial charge >= 0.3 is 0 Å². The van der Waals surface area contributed by atoms with Gasteiger partial charge in [0, 0.05) is 18.9 Å². The van der Waals surface area contributed by atoms with Crippen molar-refractivity contribution in [1.29, 1.82) is 5.26 Å². The smallest absolute Gasteiger partial charge is 0.179 e. The number of aryl methyl sites for hydroxylation is 1. The van der Waals surface area contributed by atoms with E-state index in [1.165, 1.54) is 22.3 Å². The van der Waals surface area contributed by atoms with E-state index < -0.39 is 0 Å². The Morgan fingerprint density at radius 2 is 1.96 bits per heavy atom. The van der Waals surface area contributed by atoms with Crippen LogP contribution in [0.5, 0.6) is 0 Å². The highest BCUT2D eigenvalue weighted by atomic mass is 15.3. The van der Waals surface area contributed by atoms with Gasteiger partial charge in [-0.25, -0.2) is 0 Å². The van der Waals surface area contributed by atoms with Crippen molar-refractivity contribution in [3.8, 4) is 17.3 Å². The average molecular weight is 315 g/mol. The van der Waals surface area contributed by atoms with Gasteiger partial charge in [-0.05, 0) is 34.4 Å². The molecule has 1 aliphatic heterocycles. The monoisotopic (exact) mass is 315 g/mol. The molecule has 1 N–H and O–H groups in total. The topological polar surface area (TPSA) is 56.9 Å². The van der Waals surface area contributed by atoms with Gasteiger partial charge in [-0.2, -0.15) is 10.4 Å². The van der Waals surface area contributed by atoms with E-state index in [1.54, 1.807) is 15.8 Å². The second kappa shape index (κ2) is 5.74. The number of nitrogens with zero attached hydrogens (tertiary/aromatic N) is 4. The van der Waals surface area contributed by atoms with Gasteiger partial charge in [0.1, 0.15) is 0 Å². The Labute approximate surface area is 140 Å². The van der Waals surface area contributed by atoms with Crippen molar-refractivity contribution in [3.05, 3.63) is 66.0 Å². The molecular formula is C19H17N5.